The van der Waals surface area contributed by atoms with E-state index in [9.17, 15) is 5.26 Å². The number of hydrogen-bond donors (Lipinski definition) is 0. The van der Waals surface area contributed by atoms with Crippen LogP contribution in [0.15, 0.2) is 24.3 Å². The van der Waals surface area contributed by atoms with Crippen LogP contribution in [-0.2, 0) is 6.42 Å². The van der Waals surface area contributed by atoms with Crippen LogP contribution < -0.4 is 0 Å². The second kappa shape index (κ2) is 4.92. The minimum absolute atomic E-state index is 0.0888. The predicted octanol–water partition coefficient (Wildman–Crippen LogP) is 4.26. The maximum atomic E-state index is 9.51. The molecule has 1 nitrogen and oxygen atoms in total. The van der Waals surface area contributed by atoms with Crippen molar-refractivity contribution in [1.29, 1.82) is 5.26 Å². The Morgan fingerprint density at radius 2 is 2.29 bits per heavy atom. The molecule has 1 aliphatic rings. The summed E-state index contributed by atoms with van der Waals surface area (Å²) in [4.78, 5) is 0. The highest BCUT2D eigenvalue weighted by Gasteiger charge is 2.38. The highest BCUT2D eigenvalue weighted by atomic mass is 14.4. The average Bonchev–Trinajstić information content (AvgIpc) is 2.73. The van der Waals surface area contributed by atoms with Gasteiger partial charge in [0.05, 0.1) is 11.5 Å². The molecule has 0 spiro atoms. The van der Waals surface area contributed by atoms with Crippen LogP contribution in [0.5, 0.6) is 0 Å². The third-order valence-corrected chi connectivity index (χ3v) is 4.15. The summed E-state index contributed by atoms with van der Waals surface area (Å²) in [6.45, 7) is 4.36. The molecule has 90 valence electrons. The zero-order chi connectivity index (χ0) is 12.3. The first kappa shape index (κ1) is 12.2. The molecule has 1 heteroatoms. The van der Waals surface area contributed by atoms with Crippen molar-refractivity contribution in [3.8, 4) is 6.07 Å². The molecule has 2 atom stereocenters. The van der Waals surface area contributed by atoms with Gasteiger partial charge in [-0.2, -0.15) is 5.26 Å². The van der Waals surface area contributed by atoms with E-state index >= 15 is 0 Å². The van der Waals surface area contributed by atoms with Crippen LogP contribution in [0.25, 0.3) is 0 Å². The number of nitriles is 1. The fraction of sp³-hybridized carbons (Fsp3) is 0.562. The molecule has 2 unspecified atom stereocenters. The molecular weight excluding hydrogens is 206 g/mol. The number of rotatable bonds is 3. The molecule has 17 heavy (non-hydrogen) atoms. The second-order valence-corrected chi connectivity index (χ2v) is 5.58. The van der Waals surface area contributed by atoms with Crippen molar-refractivity contribution >= 4 is 0 Å². The van der Waals surface area contributed by atoms with Gasteiger partial charge in [0.15, 0.2) is 0 Å². The van der Waals surface area contributed by atoms with E-state index in [1.54, 1.807) is 0 Å². The van der Waals surface area contributed by atoms with Crippen LogP contribution in [0.1, 0.15) is 43.7 Å². The van der Waals surface area contributed by atoms with Crippen LogP contribution in [-0.4, -0.2) is 0 Å². The largest absolute Gasteiger partial charge is 0.198 e. The number of benzene rings is 1. The monoisotopic (exact) mass is 227 g/mol. The summed E-state index contributed by atoms with van der Waals surface area (Å²) < 4.78 is 0. The van der Waals surface area contributed by atoms with E-state index in [-0.39, 0.29) is 5.41 Å². The summed E-state index contributed by atoms with van der Waals surface area (Å²) in [7, 11) is 0. The summed E-state index contributed by atoms with van der Waals surface area (Å²) in [5.41, 5.74) is 2.53. The Kier molecular flexibility index (Phi) is 3.52. The van der Waals surface area contributed by atoms with Crippen LogP contribution in [0, 0.1) is 29.6 Å². The number of hydrogen-bond acceptors (Lipinski definition) is 1. The molecule has 1 aromatic carbocycles. The van der Waals surface area contributed by atoms with Crippen molar-refractivity contribution in [3.05, 3.63) is 35.4 Å². The quantitative estimate of drug-likeness (QED) is 0.757. The Morgan fingerprint density at radius 1 is 1.47 bits per heavy atom. The van der Waals surface area contributed by atoms with Gasteiger partial charge in [-0.05, 0) is 44.1 Å². The van der Waals surface area contributed by atoms with Gasteiger partial charge >= 0.3 is 0 Å². The third kappa shape index (κ3) is 2.69. The third-order valence-electron chi connectivity index (χ3n) is 4.15. The standard InChI is InChI=1S/C16H21N/c1-3-14-7-8-16(10-14,12-17)11-15-6-4-5-13(2)9-15/h4-6,9,14H,3,7-8,10-11H2,1-2H3. The summed E-state index contributed by atoms with van der Waals surface area (Å²) in [6.07, 6.45) is 5.55. The van der Waals surface area contributed by atoms with Gasteiger partial charge < -0.3 is 0 Å². The Morgan fingerprint density at radius 3 is 2.88 bits per heavy atom. The van der Waals surface area contributed by atoms with Crippen molar-refractivity contribution in [2.75, 3.05) is 0 Å². The van der Waals surface area contributed by atoms with Gasteiger partial charge in [0, 0.05) is 0 Å². The smallest absolute Gasteiger partial charge is 0.0693 e. The van der Waals surface area contributed by atoms with E-state index in [1.807, 2.05) is 0 Å². The van der Waals surface area contributed by atoms with Crippen molar-refractivity contribution < 1.29 is 0 Å². The lowest BCUT2D eigenvalue weighted by Gasteiger charge is -2.21. The molecule has 1 aromatic rings. The van der Waals surface area contributed by atoms with Crippen LogP contribution in [0.4, 0.5) is 0 Å². The molecule has 1 saturated carbocycles. The van der Waals surface area contributed by atoms with E-state index in [0.717, 1.165) is 25.2 Å². The first-order valence-corrected chi connectivity index (χ1v) is 6.64. The Bertz CT molecular complexity index is 429. The van der Waals surface area contributed by atoms with E-state index < -0.39 is 0 Å². The first-order chi connectivity index (χ1) is 8.17. The van der Waals surface area contributed by atoms with Gasteiger partial charge in [0.25, 0.3) is 0 Å². The molecule has 0 heterocycles. The molecule has 0 aliphatic heterocycles. The van der Waals surface area contributed by atoms with Gasteiger partial charge in [0.1, 0.15) is 0 Å². The molecule has 0 N–H and O–H groups in total. The van der Waals surface area contributed by atoms with Gasteiger partial charge in [-0.3, -0.25) is 0 Å². The fourth-order valence-corrected chi connectivity index (χ4v) is 3.10. The highest BCUT2D eigenvalue weighted by Crippen LogP contribution is 2.44. The zero-order valence-electron chi connectivity index (χ0n) is 10.9. The highest BCUT2D eigenvalue weighted by molar-refractivity contribution is 5.25. The lowest BCUT2D eigenvalue weighted by atomic mass is 9.80. The Balaban J connectivity index is 2.14. The summed E-state index contributed by atoms with van der Waals surface area (Å²) >= 11 is 0. The van der Waals surface area contributed by atoms with Crippen molar-refractivity contribution in [2.45, 2.75) is 46.0 Å². The summed E-state index contributed by atoms with van der Waals surface area (Å²) in [5, 5.41) is 9.51. The number of aryl methyl sites for hydroxylation is 1. The first-order valence-electron chi connectivity index (χ1n) is 6.64. The molecule has 0 bridgehead atoms. The van der Waals surface area contributed by atoms with Gasteiger partial charge in [0.2, 0.25) is 0 Å². The average molecular weight is 227 g/mol. The number of nitrogens with zero attached hydrogens (tertiary/aromatic N) is 1. The zero-order valence-corrected chi connectivity index (χ0v) is 10.9. The van der Waals surface area contributed by atoms with Crippen molar-refractivity contribution in [2.24, 2.45) is 11.3 Å². The summed E-state index contributed by atoms with van der Waals surface area (Å²) in [5.74, 6) is 0.763. The van der Waals surface area contributed by atoms with Crippen molar-refractivity contribution in [1.82, 2.24) is 0 Å². The molecule has 0 aromatic heterocycles. The SMILES string of the molecule is CCC1CCC(C#N)(Cc2cccc(C)c2)C1. The van der Waals surface area contributed by atoms with E-state index in [4.69, 9.17) is 0 Å². The van der Waals surface area contributed by atoms with E-state index in [2.05, 4.69) is 44.2 Å². The Labute approximate surface area is 104 Å². The molecule has 0 saturated heterocycles. The maximum absolute atomic E-state index is 9.51. The van der Waals surface area contributed by atoms with Gasteiger partial charge in [-0.25, -0.2) is 0 Å². The maximum Gasteiger partial charge on any atom is 0.0693 e. The van der Waals surface area contributed by atoms with Gasteiger partial charge in [-0.15, -0.1) is 0 Å². The molecule has 2 rings (SSSR count). The Hall–Kier alpha value is -1.29. The normalized spacial score (nSPS) is 27.9. The van der Waals surface area contributed by atoms with Crippen LogP contribution in [0.3, 0.4) is 0 Å². The summed E-state index contributed by atoms with van der Waals surface area (Å²) in [6, 6.07) is 11.2. The molecular formula is C16H21N. The fourth-order valence-electron chi connectivity index (χ4n) is 3.10. The minimum Gasteiger partial charge on any atom is -0.198 e. The van der Waals surface area contributed by atoms with Crippen molar-refractivity contribution in [3.63, 3.8) is 0 Å². The molecule has 0 radical (unpaired) electrons. The molecule has 1 aliphatic carbocycles. The topological polar surface area (TPSA) is 23.8 Å². The lowest BCUT2D eigenvalue weighted by Crippen LogP contribution is -2.18. The van der Waals surface area contributed by atoms with Crippen LogP contribution in [0.2, 0.25) is 0 Å². The van der Waals surface area contributed by atoms with Crippen LogP contribution >= 0.6 is 0 Å². The molecule has 0 amide bonds. The molecule has 1 fully saturated rings. The van der Waals surface area contributed by atoms with E-state index in [1.165, 1.54) is 24.0 Å². The lowest BCUT2D eigenvalue weighted by molar-refractivity contribution is 0.381. The second-order valence-electron chi connectivity index (χ2n) is 5.58. The van der Waals surface area contributed by atoms with E-state index in [0.29, 0.717) is 0 Å². The predicted molar refractivity (Wildman–Crippen MR) is 70.6 cm³/mol. The minimum atomic E-state index is -0.0888. The van der Waals surface area contributed by atoms with Gasteiger partial charge in [-0.1, -0.05) is 43.2 Å².